The van der Waals surface area contributed by atoms with Crippen LogP contribution in [0.4, 0.5) is 16.0 Å². The summed E-state index contributed by atoms with van der Waals surface area (Å²) in [5.41, 5.74) is 1.82. The van der Waals surface area contributed by atoms with Crippen molar-refractivity contribution in [1.82, 2.24) is 30.6 Å². The minimum atomic E-state index is -0.586. The number of nitrogens with zero attached hydrogens (tertiary/aromatic N) is 5. The van der Waals surface area contributed by atoms with Gasteiger partial charge in [-0.3, -0.25) is 14.7 Å². The van der Waals surface area contributed by atoms with E-state index in [0.29, 0.717) is 47.2 Å². The van der Waals surface area contributed by atoms with Crippen molar-refractivity contribution in [3.63, 3.8) is 0 Å². The first-order valence-corrected chi connectivity index (χ1v) is 12.9. The number of likely N-dealkylation sites (tertiary alicyclic amines) is 1. The third-order valence-electron chi connectivity index (χ3n) is 6.57. The lowest BCUT2D eigenvalue weighted by molar-refractivity contribution is -0.125. The normalized spacial score (nSPS) is 15.7. The second-order valence-corrected chi connectivity index (χ2v) is 10.4. The predicted octanol–water partition coefficient (Wildman–Crippen LogP) is 4.14. The Labute approximate surface area is 231 Å². The maximum absolute atomic E-state index is 15.2. The van der Waals surface area contributed by atoms with Crippen LogP contribution in [0.1, 0.15) is 67.3 Å². The number of nitrogens with one attached hydrogen (secondary N) is 3. The number of amides is 2. The number of H-pyrrole nitrogens is 1. The average molecular weight is 549 g/mol. The van der Waals surface area contributed by atoms with E-state index in [0.717, 1.165) is 6.42 Å². The van der Waals surface area contributed by atoms with Crippen LogP contribution >= 0.6 is 0 Å². The third-order valence-corrected chi connectivity index (χ3v) is 6.57. The number of aromatic amines is 1. The molecule has 1 aromatic carbocycles. The van der Waals surface area contributed by atoms with Gasteiger partial charge in [-0.05, 0) is 43.3 Å². The van der Waals surface area contributed by atoms with E-state index in [4.69, 9.17) is 4.52 Å². The molecule has 0 aliphatic carbocycles. The number of allylic oxidation sites excluding steroid dienone is 1. The Kier molecular flexibility index (Phi) is 8.26. The van der Waals surface area contributed by atoms with Gasteiger partial charge in [0.25, 0.3) is 0 Å². The van der Waals surface area contributed by atoms with Crippen molar-refractivity contribution in [2.75, 3.05) is 18.4 Å². The summed E-state index contributed by atoms with van der Waals surface area (Å²) in [5, 5.41) is 17.1. The third kappa shape index (κ3) is 6.00. The van der Waals surface area contributed by atoms with E-state index in [1.54, 1.807) is 17.0 Å². The fourth-order valence-corrected chi connectivity index (χ4v) is 4.40. The molecular formula is C28H33FN8O3. The maximum atomic E-state index is 15.2. The summed E-state index contributed by atoms with van der Waals surface area (Å²) in [6.07, 6.45) is 3.89. The summed E-state index contributed by atoms with van der Waals surface area (Å²) < 4.78 is 20.3. The highest BCUT2D eigenvalue weighted by atomic mass is 19.1. The number of hydrogen-bond acceptors (Lipinski definition) is 8. The van der Waals surface area contributed by atoms with Gasteiger partial charge in [-0.1, -0.05) is 50.7 Å². The van der Waals surface area contributed by atoms with Gasteiger partial charge in [0.2, 0.25) is 5.91 Å². The summed E-state index contributed by atoms with van der Waals surface area (Å²) in [5.74, 6) is -0.0192. The van der Waals surface area contributed by atoms with E-state index in [9.17, 15) is 9.59 Å². The highest BCUT2D eigenvalue weighted by Crippen LogP contribution is 2.36. The van der Waals surface area contributed by atoms with Crippen LogP contribution in [0, 0.1) is 5.82 Å². The lowest BCUT2D eigenvalue weighted by atomic mass is 9.96. The molecule has 40 heavy (non-hydrogen) atoms. The predicted molar refractivity (Wildman–Crippen MR) is 150 cm³/mol. The molecule has 0 saturated carbocycles. The summed E-state index contributed by atoms with van der Waals surface area (Å²) in [6, 6.07) is 4.74. The zero-order valence-corrected chi connectivity index (χ0v) is 23.0. The van der Waals surface area contributed by atoms with Crippen LogP contribution < -0.4 is 10.6 Å². The molecule has 1 fully saturated rings. The molecule has 210 valence electrons. The molecule has 12 heteroatoms. The van der Waals surface area contributed by atoms with Crippen LogP contribution in [0.5, 0.6) is 0 Å². The lowest BCUT2D eigenvalue weighted by Gasteiger charge is -2.17. The Morgan fingerprint density at radius 3 is 2.75 bits per heavy atom. The van der Waals surface area contributed by atoms with Crippen molar-refractivity contribution in [3.8, 4) is 0 Å². The Balaban J connectivity index is 1.50. The fraction of sp³-hybridized carbons (Fsp3) is 0.357. The molecule has 2 amide bonds. The van der Waals surface area contributed by atoms with Crippen LogP contribution in [0.2, 0.25) is 0 Å². The Morgan fingerprint density at radius 2 is 2.12 bits per heavy atom. The van der Waals surface area contributed by atoms with Gasteiger partial charge in [0.05, 0.1) is 5.56 Å². The smallest absolute Gasteiger partial charge is 0.315 e. The van der Waals surface area contributed by atoms with Crippen LogP contribution in [0.25, 0.3) is 5.57 Å². The zero-order chi connectivity index (χ0) is 29.0. The molecule has 11 nitrogen and oxygen atoms in total. The molecule has 3 heterocycles. The van der Waals surface area contributed by atoms with Gasteiger partial charge in [-0.15, -0.1) is 0 Å². The van der Waals surface area contributed by atoms with E-state index in [2.05, 4.69) is 49.3 Å². The van der Waals surface area contributed by atoms with E-state index < -0.39 is 11.7 Å². The zero-order valence-electron chi connectivity index (χ0n) is 23.0. The molecule has 3 aromatic rings. The van der Waals surface area contributed by atoms with Crippen molar-refractivity contribution in [2.24, 2.45) is 4.99 Å². The number of halogens is 1. The summed E-state index contributed by atoms with van der Waals surface area (Å²) >= 11 is 0. The highest BCUT2D eigenvalue weighted by molar-refractivity contribution is 5.91. The number of benzene rings is 1. The van der Waals surface area contributed by atoms with E-state index in [1.165, 1.54) is 12.1 Å². The minimum absolute atomic E-state index is 0.0140. The molecule has 0 spiro atoms. The first-order valence-electron chi connectivity index (χ1n) is 12.9. The molecule has 2 aromatic heterocycles. The Bertz CT molecular complexity index is 1470. The second-order valence-electron chi connectivity index (χ2n) is 10.4. The van der Waals surface area contributed by atoms with Crippen molar-refractivity contribution in [1.29, 1.82) is 0 Å². The van der Waals surface area contributed by atoms with Crippen LogP contribution in [0.3, 0.4) is 0 Å². The molecule has 1 atom stereocenters. The fourth-order valence-electron chi connectivity index (χ4n) is 4.40. The van der Waals surface area contributed by atoms with Gasteiger partial charge in [0.15, 0.2) is 11.6 Å². The van der Waals surface area contributed by atoms with Crippen LogP contribution in [-0.4, -0.2) is 62.9 Å². The summed E-state index contributed by atoms with van der Waals surface area (Å²) in [7, 11) is 0. The van der Waals surface area contributed by atoms with Crippen LogP contribution in [0.15, 0.2) is 46.4 Å². The first-order chi connectivity index (χ1) is 19.0. The number of rotatable bonds is 9. The summed E-state index contributed by atoms with van der Waals surface area (Å²) in [6.45, 7) is 15.8. The van der Waals surface area contributed by atoms with Crippen molar-refractivity contribution >= 4 is 35.7 Å². The number of carbonyl (C=O) groups is 2. The quantitative estimate of drug-likeness (QED) is 0.270. The van der Waals surface area contributed by atoms with Gasteiger partial charge in [-0.25, -0.2) is 9.38 Å². The molecule has 1 aliphatic rings. The Morgan fingerprint density at radius 1 is 1.35 bits per heavy atom. The van der Waals surface area contributed by atoms with Gasteiger partial charge in [0, 0.05) is 36.7 Å². The topological polar surface area (TPSA) is 141 Å². The van der Waals surface area contributed by atoms with Crippen molar-refractivity contribution in [3.05, 3.63) is 71.2 Å². The standard InChI is InChI=1S/C28H33FN8O3/c1-7-19(22-23(30-6)34-35-24(22)32-18-11-12-37(15-18)21(38)8-2)16-9-10-17(20(29)13-16)14-31-25(39)26-33-27(36-40-26)28(3,4)5/h7-10,13,18H,2,6,11-12,14-15H2,1,3-5H3,(H,31,39)(H2,32,34,35)/b19-7-/t18-/m1/s1. The number of hydrogen-bond donors (Lipinski definition) is 3. The number of aliphatic imine (C=N–C) groups is 1. The maximum Gasteiger partial charge on any atom is 0.315 e. The summed E-state index contributed by atoms with van der Waals surface area (Å²) in [4.78, 5) is 34.3. The molecule has 0 radical (unpaired) electrons. The molecule has 3 N–H and O–H groups in total. The van der Waals surface area contributed by atoms with Gasteiger partial charge in [-0.2, -0.15) is 10.1 Å². The number of carbonyl (C=O) groups excluding carboxylic acids is 2. The van der Waals surface area contributed by atoms with Gasteiger partial charge >= 0.3 is 11.8 Å². The Hall–Kier alpha value is -4.61. The molecule has 1 saturated heterocycles. The molecule has 0 unspecified atom stereocenters. The van der Waals surface area contributed by atoms with Gasteiger partial charge < -0.3 is 20.1 Å². The molecule has 4 rings (SSSR count). The first kappa shape index (κ1) is 28.4. The lowest BCUT2D eigenvalue weighted by Crippen LogP contribution is -2.30. The molecular weight excluding hydrogens is 515 g/mol. The molecule has 0 bridgehead atoms. The van der Waals surface area contributed by atoms with Crippen LogP contribution in [-0.2, 0) is 16.8 Å². The monoisotopic (exact) mass is 548 g/mol. The SMILES string of the molecule is C=CC(=O)N1CC[C@@H](Nc2[nH]nc(N=C)c2/C(=C\C)c2ccc(CNC(=O)c3nc(C(C)(C)C)no3)c(F)c2)C1. The van der Waals surface area contributed by atoms with E-state index in [1.807, 2.05) is 33.8 Å². The highest BCUT2D eigenvalue weighted by Gasteiger charge is 2.28. The van der Waals surface area contributed by atoms with E-state index >= 15 is 4.39 Å². The van der Waals surface area contributed by atoms with Crippen molar-refractivity contribution in [2.45, 2.75) is 52.1 Å². The van der Waals surface area contributed by atoms with E-state index in [-0.39, 0.29) is 35.4 Å². The molecule has 1 aliphatic heterocycles. The largest absolute Gasteiger partial charge is 0.365 e. The van der Waals surface area contributed by atoms with Crippen molar-refractivity contribution < 1.29 is 18.5 Å². The minimum Gasteiger partial charge on any atom is -0.365 e. The van der Waals surface area contributed by atoms with Gasteiger partial charge in [0.1, 0.15) is 11.6 Å². The average Bonchev–Trinajstić information content (AvgIpc) is 3.69. The second kappa shape index (κ2) is 11.6. The number of aromatic nitrogens is 4. The number of anilines is 1.